The molecule has 0 unspecified atom stereocenters. The second-order valence-electron chi connectivity index (χ2n) is 4.84. The van der Waals surface area contributed by atoms with Crippen LogP contribution < -0.4 is 0 Å². The summed E-state index contributed by atoms with van der Waals surface area (Å²) in [6.07, 6.45) is 1.98. The Kier molecular flexibility index (Phi) is 3.98. The number of amides is 1. The zero-order chi connectivity index (χ0) is 13.9. The predicted octanol–water partition coefficient (Wildman–Crippen LogP) is 3.21. The first-order valence-electron chi connectivity index (χ1n) is 6.57. The van der Waals surface area contributed by atoms with Crippen LogP contribution in [-0.4, -0.2) is 34.1 Å². The van der Waals surface area contributed by atoms with Gasteiger partial charge in [0.05, 0.1) is 0 Å². The third-order valence-corrected chi connectivity index (χ3v) is 4.64. The minimum absolute atomic E-state index is 0.0547. The van der Waals surface area contributed by atoms with E-state index < -0.39 is 0 Å². The lowest BCUT2D eigenvalue weighted by atomic mass is 9.89. The normalized spacial score (nSPS) is 16.4. The molecule has 0 atom stereocenters. The highest BCUT2D eigenvalue weighted by Crippen LogP contribution is 2.28. The van der Waals surface area contributed by atoms with Gasteiger partial charge in [0.2, 0.25) is 9.47 Å². The fourth-order valence-corrected chi connectivity index (χ4v) is 3.36. The van der Waals surface area contributed by atoms with Crippen LogP contribution in [0.1, 0.15) is 34.1 Å². The van der Waals surface area contributed by atoms with E-state index in [1.807, 2.05) is 11.0 Å². The molecular weight excluding hydrogens is 294 g/mol. The number of carbonyl (C=O) groups excluding carboxylic acids is 1. The van der Waals surface area contributed by atoms with Gasteiger partial charge in [-0.3, -0.25) is 4.79 Å². The van der Waals surface area contributed by atoms with Crippen LogP contribution in [-0.2, 0) is 0 Å². The maximum atomic E-state index is 12.2. The maximum absolute atomic E-state index is 12.2. The number of carbonyl (C=O) groups is 1. The first kappa shape index (κ1) is 13.5. The number of rotatable bonds is 2. The fourth-order valence-electron chi connectivity index (χ4n) is 2.57. The number of hydrogen-bond acceptors (Lipinski definition) is 4. The third kappa shape index (κ3) is 2.83. The summed E-state index contributed by atoms with van der Waals surface area (Å²) in [7, 11) is 0. The van der Waals surface area contributed by atoms with E-state index in [0.29, 0.717) is 15.4 Å². The molecule has 3 rings (SSSR count). The average molecular weight is 308 g/mol. The van der Waals surface area contributed by atoms with Crippen LogP contribution in [0.5, 0.6) is 0 Å². The monoisotopic (exact) mass is 307 g/mol. The zero-order valence-corrected chi connectivity index (χ0v) is 12.4. The van der Waals surface area contributed by atoms with Crippen LogP contribution >= 0.6 is 22.9 Å². The van der Waals surface area contributed by atoms with Crippen LogP contribution in [0.4, 0.5) is 0 Å². The summed E-state index contributed by atoms with van der Waals surface area (Å²) in [6, 6.07) is 10.5. The van der Waals surface area contributed by atoms with Crippen molar-refractivity contribution < 1.29 is 4.79 Å². The lowest BCUT2D eigenvalue weighted by Crippen LogP contribution is -2.37. The Morgan fingerprint density at radius 1 is 1.20 bits per heavy atom. The molecule has 1 aromatic carbocycles. The van der Waals surface area contributed by atoms with E-state index in [9.17, 15) is 4.79 Å². The fraction of sp³-hybridized carbons (Fsp3) is 0.357. The van der Waals surface area contributed by atoms with Gasteiger partial charge in [-0.25, -0.2) is 0 Å². The molecule has 1 saturated heterocycles. The van der Waals surface area contributed by atoms with Crippen molar-refractivity contribution in [3.05, 3.63) is 45.4 Å². The van der Waals surface area contributed by atoms with Crippen molar-refractivity contribution in [2.75, 3.05) is 13.1 Å². The predicted molar refractivity (Wildman–Crippen MR) is 79.2 cm³/mol. The minimum atomic E-state index is -0.0547. The molecule has 0 aliphatic carbocycles. The maximum Gasteiger partial charge on any atom is 0.284 e. The number of aromatic nitrogens is 2. The lowest BCUT2D eigenvalue weighted by Gasteiger charge is -2.31. The van der Waals surface area contributed by atoms with Crippen LogP contribution in [0.2, 0.25) is 4.47 Å². The van der Waals surface area contributed by atoms with E-state index in [-0.39, 0.29) is 5.91 Å². The number of piperidine rings is 1. The van der Waals surface area contributed by atoms with Crippen molar-refractivity contribution in [2.45, 2.75) is 18.8 Å². The molecule has 0 spiro atoms. The summed E-state index contributed by atoms with van der Waals surface area (Å²) in [5.74, 6) is 0.485. The molecule has 104 valence electrons. The molecule has 1 aromatic heterocycles. The second-order valence-corrected chi connectivity index (χ2v) is 6.40. The molecule has 1 aliphatic heterocycles. The van der Waals surface area contributed by atoms with Gasteiger partial charge in [0.25, 0.3) is 5.91 Å². The van der Waals surface area contributed by atoms with Gasteiger partial charge >= 0.3 is 0 Å². The number of hydrogen-bond donors (Lipinski definition) is 0. The van der Waals surface area contributed by atoms with Crippen molar-refractivity contribution in [3.8, 4) is 0 Å². The highest BCUT2D eigenvalue weighted by molar-refractivity contribution is 7.17. The average Bonchev–Trinajstić information content (AvgIpc) is 2.94. The Morgan fingerprint density at radius 3 is 2.50 bits per heavy atom. The van der Waals surface area contributed by atoms with Crippen molar-refractivity contribution in [1.82, 2.24) is 15.1 Å². The van der Waals surface area contributed by atoms with Gasteiger partial charge in [-0.05, 0) is 35.9 Å². The summed E-state index contributed by atoms with van der Waals surface area (Å²) < 4.78 is 0.313. The standard InChI is InChI=1S/C14H14ClN3OS/c15-14-17-16-12(20-14)13(19)18-8-6-11(7-9-18)10-4-2-1-3-5-10/h1-5,11H,6-9H2. The zero-order valence-electron chi connectivity index (χ0n) is 10.8. The summed E-state index contributed by atoms with van der Waals surface area (Å²) >= 11 is 6.86. The second kappa shape index (κ2) is 5.89. The van der Waals surface area contributed by atoms with Crippen molar-refractivity contribution >= 4 is 28.8 Å². The molecule has 1 aliphatic rings. The Hall–Kier alpha value is -1.46. The molecule has 6 heteroatoms. The number of nitrogens with zero attached hydrogens (tertiary/aromatic N) is 3. The van der Waals surface area contributed by atoms with Gasteiger partial charge in [0, 0.05) is 13.1 Å². The van der Waals surface area contributed by atoms with Crippen LogP contribution in [0, 0.1) is 0 Å². The summed E-state index contributed by atoms with van der Waals surface area (Å²) in [4.78, 5) is 14.1. The molecule has 0 saturated carbocycles. The number of halogens is 1. The largest absolute Gasteiger partial charge is 0.336 e. The third-order valence-electron chi connectivity index (χ3n) is 3.64. The van der Waals surface area contributed by atoms with Gasteiger partial charge in [0.1, 0.15) is 0 Å². The van der Waals surface area contributed by atoms with Gasteiger partial charge in [-0.15, -0.1) is 10.2 Å². The van der Waals surface area contributed by atoms with E-state index in [1.165, 1.54) is 5.56 Å². The quantitative estimate of drug-likeness (QED) is 0.856. The molecule has 0 radical (unpaired) electrons. The van der Waals surface area contributed by atoms with Crippen LogP contribution in [0.15, 0.2) is 30.3 Å². The van der Waals surface area contributed by atoms with Gasteiger partial charge in [-0.1, -0.05) is 41.7 Å². The van der Waals surface area contributed by atoms with Gasteiger partial charge in [-0.2, -0.15) is 0 Å². The Bertz CT molecular complexity index is 593. The van der Waals surface area contributed by atoms with Gasteiger partial charge < -0.3 is 4.90 Å². The highest BCUT2D eigenvalue weighted by Gasteiger charge is 2.26. The Morgan fingerprint density at radius 2 is 1.90 bits per heavy atom. The highest BCUT2D eigenvalue weighted by atomic mass is 35.5. The SMILES string of the molecule is O=C(c1nnc(Cl)s1)N1CCC(c2ccccc2)CC1. The molecule has 0 N–H and O–H groups in total. The topological polar surface area (TPSA) is 46.1 Å². The Balaban J connectivity index is 1.63. The molecular formula is C14H14ClN3OS. The van der Waals surface area contributed by atoms with Crippen LogP contribution in [0.25, 0.3) is 0 Å². The lowest BCUT2D eigenvalue weighted by molar-refractivity contribution is 0.0711. The molecule has 20 heavy (non-hydrogen) atoms. The molecule has 0 bridgehead atoms. The number of likely N-dealkylation sites (tertiary alicyclic amines) is 1. The first-order valence-corrected chi connectivity index (χ1v) is 7.76. The minimum Gasteiger partial charge on any atom is -0.336 e. The summed E-state index contributed by atoms with van der Waals surface area (Å²) in [5.41, 5.74) is 1.36. The smallest absolute Gasteiger partial charge is 0.284 e. The molecule has 4 nitrogen and oxygen atoms in total. The number of benzene rings is 1. The van der Waals surface area contributed by atoms with Gasteiger partial charge in [0.15, 0.2) is 0 Å². The Labute approximate surface area is 126 Å². The van der Waals surface area contributed by atoms with E-state index in [0.717, 1.165) is 37.3 Å². The van der Waals surface area contributed by atoms with Crippen LogP contribution in [0.3, 0.4) is 0 Å². The van der Waals surface area contributed by atoms with Crippen molar-refractivity contribution in [3.63, 3.8) is 0 Å². The molecule has 1 fully saturated rings. The summed E-state index contributed by atoms with van der Waals surface area (Å²) in [5, 5.41) is 7.88. The first-order chi connectivity index (χ1) is 9.74. The van der Waals surface area contributed by atoms with E-state index in [4.69, 9.17) is 11.6 Å². The van der Waals surface area contributed by atoms with E-state index >= 15 is 0 Å². The molecule has 1 amide bonds. The molecule has 2 heterocycles. The molecule has 2 aromatic rings. The van der Waals surface area contributed by atoms with E-state index in [2.05, 4.69) is 34.5 Å². The summed E-state index contributed by atoms with van der Waals surface area (Å²) in [6.45, 7) is 1.52. The van der Waals surface area contributed by atoms with E-state index in [1.54, 1.807) is 0 Å². The van der Waals surface area contributed by atoms with Crippen molar-refractivity contribution in [2.24, 2.45) is 0 Å². The van der Waals surface area contributed by atoms with Crippen molar-refractivity contribution in [1.29, 1.82) is 0 Å².